The molecule has 0 unspecified atom stereocenters. The van der Waals surface area contributed by atoms with Crippen LogP contribution in [-0.4, -0.2) is 18.0 Å². The van der Waals surface area contributed by atoms with Gasteiger partial charge in [0.05, 0.1) is 13.2 Å². The molecule has 4 N–H and O–H groups in total. The number of nitrogens with zero attached hydrogens (tertiary/aromatic N) is 1. The number of aromatic nitrogens is 1. The van der Waals surface area contributed by atoms with E-state index >= 15 is 0 Å². The highest BCUT2D eigenvalue weighted by atomic mass is 32.1. The Hall–Kier alpha value is -2.12. The number of thiazole rings is 1. The van der Waals surface area contributed by atoms with Crippen LogP contribution in [0.4, 0.5) is 11.4 Å². The molecule has 106 valence electrons. The highest BCUT2D eigenvalue weighted by Gasteiger charge is 2.02. The average molecular weight is 292 g/mol. The number of carbonyl (C=O) groups is 1. The summed E-state index contributed by atoms with van der Waals surface area (Å²) in [5.74, 6) is 0. The van der Waals surface area contributed by atoms with Crippen LogP contribution in [0.1, 0.15) is 10.6 Å². The Kier molecular flexibility index (Phi) is 5.33. The van der Waals surface area contributed by atoms with Crippen LogP contribution in [0.3, 0.4) is 0 Å². The molecular weight excluding hydrogens is 276 g/mol. The first-order valence-corrected chi connectivity index (χ1v) is 6.99. The maximum atomic E-state index is 10.0. The number of hydroxylamine groups is 1. The van der Waals surface area contributed by atoms with E-state index in [0.29, 0.717) is 31.7 Å². The molecule has 0 aliphatic heterocycles. The highest BCUT2D eigenvalue weighted by molar-refractivity contribution is 7.09. The van der Waals surface area contributed by atoms with Crippen LogP contribution < -0.4 is 16.5 Å². The van der Waals surface area contributed by atoms with Crippen molar-refractivity contribution in [3.05, 3.63) is 40.3 Å². The van der Waals surface area contributed by atoms with E-state index in [-0.39, 0.29) is 0 Å². The van der Waals surface area contributed by atoms with Crippen LogP contribution in [0.5, 0.6) is 0 Å². The number of amides is 1. The number of rotatable bonds is 8. The Bertz CT molecular complexity index is 545. The smallest absolute Gasteiger partial charge is 0.230 e. The number of benzene rings is 1. The predicted molar refractivity (Wildman–Crippen MR) is 79.2 cm³/mol. The first-order valence-electron chi connectivity index (χ1n) is 6.11. The zero-order chi connectivity index (χ0) is 14.2. The number of carbonyl (C=O) groups excluding carboxylic acids is 1. The summed E-state index contributed by atoms with van der Waals surface area (Å²) in [6, 6.07) is 5.80. The summed E-state index contributed by atoms with van der Waals surface area (Å²) in [6.07, 6.45) is 2.92. The van der Waals surface area contributed by atoms with E-state index in [1.807, 2.05) is 23.6 Å². The van der Waals surface area contributed by atoms with Gasteiger partial charge in [-0.25, -0.2) is 10.5 Å². The van der Waals surface area contributed by atoms with Gasteiger partial charge in [0, 0.05) is 29.4 Å². The summed E-state index contributed by atoms with van der Waals surface area (Å²) < 4.78 is 0. The molecule has 1 aromatic carbocycles. The maximum Gasteiger partial charge on any atom is 0.230 e. The molecule has 0 fully saturated rings. The Morgan fingerprint density at radius 2 is 2.35 bits per heavy atom. The number of nitrogens with one attached hydrogen (secondary N) is 2. The lowest BCUT2D eigenvalue weighted by molar-refractivity contribution is -0.120. The minimum Gasteiger partial charge on any atom is -0.398 e. The van der Waals surface area contributed by atoms with Crippen LogP contribution in [0.25, 0.3) is 0 Å². The fraction of sp³-hybridized carbons (Fsp3) is 0.231. The SMILES string of the molecule is Nc1cc(NCc2nccs2)ccc1CCONC=O. The van der Waals surface area contributed by atoms with Crippen molar-refractivity contribution in [2.24, 2.45) is 0 Å². The van der Waals surface area contributed by atoms with E-state index < -0.39 is 0 Å². The standard InChI is InChI=1S/C13H16N4O2S/c14-12-7-11(16-8-13-15-4-6-20-13)2-1-10(12)3-5-19-17-9-18/h1-2,4,6-7,9,16H,3,5,8,14H2,(H,17,18). The second kappa shape index (κ2) is 7.46. The minimum atomic E-state index is 0.384. The Morgan fingerprint density at radius 1 is 1.45 bits per heavy atom. The number of nitrogen functional groups attached to an aromatic ring is 1. The molecule has 1 amide bonds. The van der Waals surface area contributed by atoms with Gasteiger partial charge in [0.25, 0.3) is 0 Å². The largest absolute Gasteiger partial charge is 0.398 e. The number of nitrogens with two attached hydrogens (primary N) is 1. The lowest BCUT2D eigenvalue weighted by Gasteiger charge is -2.09. The van der Waals surface area contributed by atoms with E-state index in [4.69, 9.17) is 10.6 Å². The molecule has 6 nitrogen and oxygen atoms in total. The molecule has 0 saturated carbocycles. The van der Waals surface area contributed by atoms with Gasteiger partial charge in [-0.15, -0.1) is 11.3 Å². The van der Waals surface area contributed by atoms with Crippen LogP contribution >= 0.6 is 11.3 Å². The van der Waals surface area contributed by atoms with Crippen LogP contribution in [-0.2, 0) is 22.6 Å². The number of anilines is 2. The molecule has 1 aromatic heterocycles. The van der Waals surface area contributed by atoms with Crippen molar-refractivity contribution in [1.82, 2.24) is 10.5 Å². The molecular formula is C13H16N4O2S. The normalized spacial score (nSPS) is 10.2. The van der Waals surface area contributed by atoms with Crippen LogP contribution in [0.2, 0.25) is 0 Å². The molecule has 0 spiro atoms. The maximum absolute atomic E-state index is 10.0. The first kappa shape index (κ1) is 14.3. The van der Waals surface area contributed by atoms with Crippen molar-refractivity contribution < 1.29 is 9.63 Å². The van der Waals surface area contributed by atoms with Gasteiger partial charge in [0.15, 0.2) is 0 Å². The fourth-order valence-electron chi connectivity index (χ4n) is 1.70. The summed E-state index contributed by atoms with van der Waals surface area (Å²) in [5.41, 5.74) is 10.8. The molecule has 0 saturated heterocycles. The topological polar surface area (TPSA) is 89.3 Å². The molecule has 20 heavy (non-hydrogen) atoms. The molecule has 7 heteroatoms. The number of hydrogen-bond donors (Lipinski definition) is 3. The van der Waals surface area contributed by atoms with Crippen molar-refractivity contribution in [3.63, 3.8) is 0 Å². The van der Waals surface area contributed by atoms with E-state index in [2.05, 4.69) is 15.8 Å². The lowest BCUT2D eigenvalue weighted by Crippen LogP contribution is -2.14. The third-order valence-electron chi connectivity index (χ3n) is 2.68. The monoisotopic (exact) mass is 292 g/mol. The first-order chi connectivity index (χ1) is 9.79. The van der Waals surface area contributed by atoms with E-state index in [0.717, 1.165) is 16.3 Å². The van der Waals surface area contributed by atoms with Gasteiger partial charge >= 0.3 is 0 Å². The van der Waals surface area contributed by atoms with Crippen molar-refractivity contribution in [2.45, 2.75) is 13.0 Å². The second-order valence-corrected chi connectivity index (χ2v) is 5.01. The highest BCUT2D eigenvalue weighted by Crippen LogP contribution is 2.19. The lowest BCUT2D eigenvalue weighted by atomic mass is 10.1. The van der Waals surface area contributed by atoms with Crippen LogP contribution in [0.15, 0.2) is 29.8 Å². The second-order valence-electron chi connectivity index (χ2n) is 4.03. The zero-order valence-corrected chi connectivity index (χ0v) is 11.7. The summed E-state index contributed by atoms with van der Waals surface area (Å²) in [7, 11) is 0. The minimum absolute atomic E-state index is 0.384. The Labute approximate surface area is 120 Å². The van der Waals surface area contributed by atoms with Crippen molar-refractivity contribution >= 4 is 29.1 Å². The summed E-state index contributed by atoms with van der Waals surface area (Å²) in [4.78, 5) is 19.1. The van der Waals surface area contributed by atoms with Gasteiger partial charge in [-0.2, -0.15) is 0 Å². The Balaban J connectivity index is 1.86. The summed E-state index contributed by atoms with van der Waals surface area (Å²) in [5, 5.41) is 6.24. The molecule has 0 atom stereocenters. The molecule has 0 aliphatic rings. The van der Waals surface area contributed by atoms with Crippen molar-refractivity contribution in [1.29, 1.82) is 0 Å². The van der Waals surface area contributed by atoms with Crippen LogP contribution in [0, 0.1) is 0 Å². The Morgan fingerprint density at radius 3 is 3.05 bits per heavy atom. The third kappa shape index (κ3) is 4.22. The van der Waals surface area contributed by atoms with Gasteiger partial charge in [0.1, 0.15) is 5.01 Å². The molecule has 1 heterocycles. The zero-order valence-electron chi connectivity index (χ0n) is 10.8. The van der Waals surface area contributed by atoms with Gasteiger partial charge < -0.3 is 11.1 Å². The van der Waals surface area contributed by atoms with E-state index in [1.165, 1.54) is 0 Å². The molecule has 0 bridgehead atoms. The van der Waals surface area contributed by atoms with Gasteiger partial charge in [-0.1, -0.05) is 6.07 Å². The average Bonchev–Trinajstić information content (AvgIpc) is 2.96. The van der Waals surface area contributed by atoms with Gasteiger partial charge in [0.2, 0.25) is 6.41 Å². The van der Waals surface area contributed by atoms with Crippen molar-refractivity contribution in [2.75, 3.05) is 17.7 Å². The van der Waals surface area contributed by atoms with Gasteiger partial charge in [-0.05, 0) is 17.7 Å². The molecule has 2 aromatic rings. The van der Waals surface area contributed by atoms with Gasteiger partial charge in [-0.3, -0.25) is 9.63 Å². The molecule has 0 aliphatic carbocycles. The number of hydrogen-bond acceptors (Lipinski definition) is 6. The molecule has 2 rings (SSSR count). The quantitative estimate of drug-likeness (QED) is 0.297. The van der Waals surface area contributed by atoms with Crippen molar-refractivity contribution in [3.8, 4) is 0 Å². The molecule has 0 radical (unpaired) electrons. The van der Waals surface area contributed by atoms with E-state index in [1.54, 1.807) is 17.5 Å². The summed E-state index contributed by atoms with van der Waals surface area (Å²) in [6.45, 7) is 1.07. The fourth-order valence-corrected chi connectivity index (χ4v) is 2.26. The predicted octanol–water partition coefficient (Wildman–Crippen LogP) is 1.56. The van der Waals surface area contributed by atoms with E-state index in [9.17, 15) is 4.79 Å². The third-order valence-corrected chi connectivity index (χ3v) is 3.46. The summed E-state index contributed by atoms with van der Waals surface area (Å²) >= 11 is 1.61.